The van der Waals surface area contributed by atoms with E-state index in [0.29, 0.717) is 24.6 Å². The van der Waals surface area contributed by atoms with E-state index in [1.165, 1.54) is 0 Å². The molecule has 0 saturated carbocycles. The summed E-state index contributed by atoms with van der Waals surface area (Å²) in [5.74, 6) is 0.621. The largest absolute Gasteiger partial charge is 0.390 e. The van der Waals surface area contributed by atoms with Gasteiger partial charge < -0.3 is 9.67 Å². The average molecular weight is 406 g/mol. The number of tetrazole rings is 1. The zero-order valence-electron chi connectivity index (χ0n) is 16.7. The molecule has 0 aliphatic rings. The van der Waals surface area contributed by atoms with E-state index in [-0.39, 0.29) is 12.3 Å². The summed E-state index contributed by atoms with van der Waals surface area (Å²) in [6, 6.07) is 15.9. The fourth-order valence-electron chi connectivity index (χ4n) is 3.55. The molecule has 4 rings (SSSR count). The molecule has 0 atom stereocenters. The van der Waals surface area contributed by atoms with E-state index >= 15 is 0 Å². The molecule has 30 heavy (non-hydrogen) atoms. The molecule has 2 aromatic heterocycles. The Balaban J connectivity index is 1.62. The van der Waals surface area contributed by atoms with Gasteiger partial charge in [0.25, 0.3) is 0 Å². The molecule has 0 bridgehead atoms. The van der Waals surface area contributed by atoms with Crippen LogP contribution < -0.4 is 0 Å². The van der Waals surface area contributed by atoms with Crippen LogP contribution in [-0.4, -0.2) is 35.3 Å². The first-order valence-electron chi connectivity index (χ1n) is 9.98. The minimum Gasteiger partial charge on any atom is -0.390 e. The predicted molar refractivity (Wildman–Crippen MR) is 111 cm³/mol. The molecule has 8 heteroatoms. The lowest BCUT2D eigenvalue weighted by atomic mass is 9.98. The summed E-state index contributed by atoms with van der Waals surface area (Å²) in [5, 5.41) is 23.9. The molecular formula is C22H23FN6O. The Morgan fingerprint density at radius 3 is 2.50 bits per heavy atom. The third kappa shape index (κ3) is 3.99. The van der Waals surface area contributed by atoms with Gasteiger partial charge in [-0.25, -0.2) is 4.98 Å². The number of aliphatic hydroxyl groups excluding tert-OH is 1. The number of aromatic amines is 1. The third-order valence-corrected chi connectivity index (χ3v) is 5.13. The summed E-state index contributed by atoms with van der Waals surface area (Å²) in [6.07, 6.45) is 2.61. The molecule has 154 valence electrons. The van der Waals surface area contributed by atoms with E-state index in [1.807, 2.05) is 48.5 Å². The number of aliphatic hydroxyl groups is 1. The van der Waals surface area contributed by atoms with E-state index in [9.17, 15) is 9.50 Å². The monoisotopic (exact) mass is 406 g/mol. The third-order valence-electron chi connectivity index (χ3n) is 5.13. The van der Waals surface area contributed by atoms with Crippen molar-refractivity contribution in [2.24, 2.45) is 0 Å². The quantitative estimate of drug-likeness (QED) is 0.465. The summed E-state index contributed by atoms with van der Waals surface area (Å²) in [5.41, 5.74) is 4.14. The molecule has 0 spiro atoms. The Morgan fingerprint density at radius 2 is 1.83 bits per heavy atom. The van der Waals surface area contributed by atoms with Crippen molar-refractivity contribution in [2.75, 3.05) is 0 Å². The van der Waals surface area contributed by atoms with Crippen LogP contribution in [0.4, 0.5) is 4.39 Å². The highest BCUT2D eigenvalue weighted by atomic mass is 19.1. The van der Waals surface area contributed by atoms with Gasteiger partial charge in [-0.05, 0) is 28.3 Å². The molecule has 0 aliphatic carbocycles. The summed E-state index contributed by atoms with van der Waals surface area (Å²) in [7, 11) is 0. The van der Waals surface area contributed by atoms with Crippen molar-refractivity contribution in [3.63, 3.8) is 0 Å². The van der Waals surface area contributed by atoms with Crippen LogP contribution in [-0.2, 0) is 19.6 Å². The number of H-pyrrole nitrogens is 1. The number of halogens is 1. The normalized spacial score (nSPS) is 11.2. The number of aryl methyl sites for hydroxylation is 1. The molecule has 2 aromatic carbocycles. The summed E-state index contributed by atoms with van der Waals surface area (Å²) >= 11 is 0. The lowest BCUT2D eigenvalue weighted by Gasteiger charge is -2.12. The zero-order chi connectivity index (χ0) is 20.9. The number of hydrogen-bond acceptors (Lipinski definition) is 5. The van der Waals surface area contributed by atoms with Crippen molar-refractivity contribution in [2.45, 2.75) is 39.3 Å². The molecule has 0 amide bonds. The molecule has 2 N–H and O–H groups in total. The number of unbranched alkanes of at least 4 members (excludes halogenated alkanes) is 1. The predicted octanol–water partition coefficient (Wildman–Crippen LogP) is 3.75. The highest BCUT2D eigenvalue weighted by Gasteiger charge is 2.17. The van der Waals surface area contributed by atoms with Gasteiger partial charge in [-0.3, -0.25) is 0 Å². The fraction of sp³-hybridized carbons (Fsp3) is 0.273. The van der Waals surface area contributed by atoms with Crippen LogP contribution in [0.25, 0.3) is 22.5 Å². The van der Waals surface area contributed by atoms with E-state index < -0.39 is 5.95 Å². The number of rotatable bonds is 8. The standard InChI is InChI=1S/C22H23FN6O/c1-2-3-8-20-24-21(23)19(14-30)29(20)13-15-9-11-16(12-10-15)17-6-4-5-7-18(17)22-25-27-28-26-22/h4-7,9-12,30H,2-3,8,13-14H2,1H3,(H,25,26,27,28). The Morgan fingerprint density at radius 1 is 1.07 bits per heavy atom. The van der Waals surface area contributed by atoms with Crippen molar-refractivity contribution in [1.82, 2.24) is 30.2 Å². The number of nitrogens with one attached hydrogen (secondary N) is 1. The SMILES string of the molecule is CCCCc1nc(F)c(CO)n1Cc1ccc(-c2ccccc2-c2nn[nH]n2)cc1. The molecule has 0 unspecified atom stereocenters. The topological polar surface area (TPSA) is 92.5 Å². The Labute approximate surface area is 173 Å². The fourth-order valence-corrected chi connectivity index (χ4v) is 3.55. The van der Waals surface area contributed by atoms with Crippen molar-refractivity contribution in [1.29, 1.82) is 0 Å². The Hall–Kier alpha value is -3.39. The first-order chi connectivity index (χ1) is 14.7. The molecule has 7 nitrogen and oxygen atoms in total. The van der Waals surface area contributed by atoms with Crippen molar-refractivity contribution in [3.8, 4) is 22.5 Å². The van der Waals surface area contributed by atoms with E-state index in [4.69, 9.17) is 0 Å². The van der Waals surface area contributed by atoms with E-state index in [2.05, 4.69) is 32.5 Å². The second-order valence-electron chi connectivity index (χ2n) is 7.09. The highest BCUT2D eigenvalue weighted by molar-refractivity contribution is 5.80. The van der Waals surface area contributed by atoms with Crippen LogP contribution in [0.1, 0.15) is 36.8 Å². The maximum Gasteiger partial charge on any atom is 0.236 e. The number of benzene rings is 2. The van der Waals surface area contributed by atoms with Gasteiger partial charge in [-0.2, -0.15) is 9.60 Å². The van der Waals surface area contributed by atoms with Crippen molar-refractivity contribution in [3.05, 3.63) is 71.6 Å². The number of hydrogen-bond donors (Lipinski definition) is 2. The van der Waals surface area contributed by atoms with E-state index in [0.717, 1.165) is 35.1 Å². The summed E-state index contributed by atoms with van der Waals surface area (Å²) in [4.78, 5) is 4.03. The molecule has 4 aromatic rings. The second kappa shape index (κ2) is 8.96. The molecule has 2 heterocycles. The van der Waals surface area contributed by atoms with Gasteiger partial charge in [0, 0.05) is 18.5 Å². The van der Waals surface area contributed by atoms with Crippen molar-refractivity contribution >= 4 is 0 Å². The Bertz CT molecular complexity index is 1110. The molecule has 0 aliphatic heterocycles. The maximum absolute atomic E-state index is 14.2. The summed E-state index contributed by atoms with van der Waals surface area (Å²) in [6.45, 7) is 2.17. The van der Waals surface area contributed by atoms with Gasteiger partial charge in [0.1, 0.15) is 11.5 Å². The van der Waals surface area contributed by atoms with Crippen LogP contribution >= 0.6 is 0 Å². The number of nitrogens with zero attached hydrogens (tertiary/aromatic N) is 5. The number of aromatic nitrogens is 6. The van der Waals surface area contributed by atoms with Gasteiger partial charge >= 0.3 is 0 Å². The highest BCUT2D eigenvalue weighted by Crippen LogP contribution is 2.30. The van der Waals surface area contributed by atoms with Crippen molar-refractivity contribution < 1.29 is 9.50 Å². The van der Waals surface area contributed by atoms with Gasteiger partial charge in [0.2, 0.25) is 11.8 Å². The molecule has 0 fully saturated rings. The van der Waals surface area contributed by atoms with Gasteiger partial charge in [0.05, 0.1) is 6.61 Å². The van der Waals surface area contributed by atoms with Gasteiger partial charge in [-0.1, -0.05) is 61.9 Å². The first-order valence-corrected chi connectivity index (χ1v) is 9.98. The van der Waals surface area contributed by atoms with Crippen LogP contribution in [0, 0.1) is 5.95 Å². The van der Waals surface area contributed by atoms with Crippen LogP contribution in [0.2, 0.25) is 0 Å². The van der Waals surface area contributed by atoms with Gasteiger partial charge in [-0.15, -0.1) is 10.2 Å². The summed E-state index contributed by atoms with van der Waals surface area (Å²) < 4.78 is 15.9. The molecule has 0 saturated heterocycles. The molecular weight excluding hydrogens is 383 g/mol. The maximum atomic E-state index is 14.2. The zero-order valence-corrected chi connectivity index (χ0v) is 16.7. The molecule has 0 radical (unpaired) electrons. The van der Waals surface area contributed by atoms with E-state index in [1.54, 1.807) is 4.57 Å². The Kier molecular flexibility index (Phi) is 5.94. The van der Waals surface area contributed by atoms with Crippen LogP contribution in [0.3, 0.4) is 0 Å². The smallest absolute Gasteiger partial charge is 0.236 e. The number of imidazole rings is 1. The average Bonchev–Trinajstić information content (AvgIpc) is 3.41. The van der Waals surface area contributed by atoms with Crippen LogP contribution in [0.15, 0.2) is 48.5 Å². The first kappa shape index (κ1) is 19.9. The lowest BCUT2D eigenvalue weighted by molar-refractivity contribution is 0.264. The second-order valence-corrected chi connectivity index (χ2v) is 7.09. The lowest BCUT2D eigenvalue weighted by Crippen LogP contribution is -2.09. The van der Waals surface area contributed by atoms with Gasteiger partial charge in [0.15, 0.2) is 0 Å². The van der Waals surface area contributed by atoms with Crippen LogP contribution in [0.5, 0.6) is 0 Å². The minimum absolute atomic E-state index is 0.229. The minimum atomic E-state index is -0.589.